The average Bonchev–Trinajstić information content (AvgIpc) is 3.19. The number of ether oxygens (including phenoxy) is 2. The van der Waals surface area contributed by atoms with E-state index in [-0.39, 0.29) is 42.9 Å². The smallest absolute Gasteiger partial charge is 0.308 e. The highest BCUT2D eigenvalue weighted by atomic mass is 16.5. The fourth-order valence-electron chi connectivity index (χ4n) is 7.76. The largest absolute Gasteiger partial charge is 0.464 e. The van der Waals surface area contributed by atoms with Crippen molar-refractivity contribution < 1.29 is 28.8 Å². The molecule has 1 atom stereocenters. The Morgan fingerprint density at radius 2 is 0.696 bits per heavy atom. The molecule has 0 saturated carbocycles. The minimum atomic E-state index is -0.101. The maximum absolute atomic E-state index is 13.5. The molecule has 0 aliphatic carbocycles. The van der Waals surface area contributed by atoms with Crippen LogP contribution >= 0.6 is 0 Å². The maximum Gasteiger partial charge on any atom is 0.308 e. The van der Waals surface area contributed by atoms with Gasteiger partial charge in [0.05, 0.1) is 38.5 Å². The van der Waals surface area contributed by atoms with Crippen molar-refractivity contribution in [2.45, 2.75) is 240 Å². The van der Waals surface area contributed by atoms with E-state index in [4.69, 9.17) is 9.47 Å². The third-order valence-corrected chi connectivity index (χ3v) is 11.9. The van der Waals surface area contributed by atoms with Crippen LogP contribution in [0.1, 0.15) is 240 Å². The highest BCUT2D eigenvalue weighted by Gasteiger charge is 2.24. The topological polar surface area (TPSA) is 77.3 Å². The molecule has 56 heavy (non-hydrogen) atoms. The van der Waals surface area contributed by atoms with Crippen molar-refractivity contribution in [2.24, 2.45) is 11.8 Å². The second kappa shape index (κ2) is 41.5. The molecule has 0 aromatic rings. The van der Waals surface area contributed by atoms with Crippen molar-refractivity contribution in [1.29, 1.82) is 0 Å². The quantitative estimate of drug-likeness (QED) is 0.0491. The summed E-state index contributed by atoms with van der Waals surface area (Å²) in [6, 6.07) is 0. The van der Waals surface area contributed by atoms with Gasteiger partial charge >= 0.3 is 11.9 Å². The van der Waals surface area contributed by atoms with Gasteiger partial charge in [0.2, 0.25) is 0 Å². The number of unbranched alkanes of at least 4 members (excludes halogenated alkanes) is 24. The number of rotatable bonds is 43. The predicted octanol–water partition coefficient (Wildman–Crippen LogP) is 12.2. The minimum Gasteiger partial charge on any atom is -0.464 e. The lowest BCUT2D eigenvalue weighted by Gasteiger charge is -2.25. The molecule has 0 rings (SSSR count). The van der Waals surface area contributed by atoms with E-state index in [0.717, 1.165) is 62.8 Å². The third kappa shape index (κ3) is 33.4. The van der Waals surface area contributed by atoms with E-state index in [1.165, 1.54) is 154 Å². The number of carbonyl (C=O) groups is 3. The van der Waals surface area contributed by atoms with Gasteiger partial charge in [0.25, 0.3) is 5.91 Å². The fourth-order valence-corrected chi connectivity index (χ4v) is 7.76. The summed E-state index contributed by atoms with van der Waals surface area (Å²) >= 11 is 0. The molecule has 0 radical (unpaired) electrons. The maximum atomic E-state index is 13.5. The molecular formula is C49H97N2O5+. The Labute approximate surface area is 348 Å². The summed E-state index contributed by atoms with van der Waals surface area (Å²) < 4.78 is 11.9. The summed E-state index contributed by atoms with van der Waals surface area (Å²) in [6.07, 6.45) is 38.2. The minimum absolute atomic E-state index is 0.0156. The lowest BCUT2D eigenvalue weighted by atomic mass is 9.94. The van der Waals surface area contributed by atoms with Gasteiger partial charge in [-0.3, -0.25) is 14.4 Å². The number of amides is 1. The van der Waals surface area contributed by atoms with Crippen molar-refractivity contribution in [2.75, 3.05) is 46.4 Å². The summed E-state index contributed by atoms with van der Waals surface area (Å²) in [5, 5.41) is 0. The van der Waals surface area contributed by atoms with E-state index in [1.807, 2.05) is 7.05 Å². The van der Waals surface area contributed by atoms with Crippen LogP contribution in [0.15, 0.2) is 0 Å². The third-order valence-electron chi connectivity index (χ3n) is 11.9. The van der Waals surface area contributed by atoms with Crippen LogP contribution in [0.2, 0.25) is 0 Å². The second-order valence-electron chi connectivity index (χ2n) is 17.2. The lowest BCUT2D eigenvalue weighted by Crippen LogP contribution is -3.09. The van der Waals surface area contributed by atoms with Crippen LogP contribution in [0.3, 0.4) is 0 Å². The fraction of sp³-hybridized carbons (Fsp3) is 0.939. The first-order chi connectivity index (χ1) is 27.3. The van der Waals surface area contributed by atoms with Gasteiger partial charge in [-0.15, -0.1) is 0 Å². The van der Waals surface area contributed by atoms with Gasteiger partial charge in [0, 0.05) is 0 Å². The molecule has 0 fully saturated rings. The van der Waals surface area contributed by atoms with Crippen LogP contribution in [0.5, 0.6) is 0 Å². The Bertz CT molecular complexity index is 789. The zero-order valence-corrected chi connectivity index (χ0v) is 38.5. The molecule has 0 spiro atoms. The summed E-state index contributed by atoms with van der Waals surface area (Å²) in [6.45, 7) is 13.3. The van der Waals surface area contributed by atoms with Crippen LogP contribution in [0.4, 0.5) is 0 Å². The number of hydrogen-bond donors (Lipinski definition) is 1. The zero-order chi connectivity index (χ0) is 41.3. The number of hydrogen-bond acceptors (Lipinski definition) is 5. The van der Waals surface area contributed by atoms with E-state index in [9.17, 15) is 14.4 Å². The summed E-state index contributed by atoms with van der Waals surface area (Å²) in [5.74, 6) is -0.313. The Balaban J connectivity index is 5.23. The first kappa shape index (κ1) is 54.4. The van der Waals surface area contributed by atoms with Gasteiger partial charge in [0.1, 0.15) is 13.2 Å². The van der Waals surface area contributed by atoms with Gasteiger partial charge in [-0.2, -0.15) is 0 Å². The van der Waals surface area contributed by atoms with Crippen LogP contribution in [-0.4, -0.2) is 69.2 Å². The predicted molar refractivity (Wildman–Crippen MR) is 238 cm³/mol. The highest BCUT2D eigenvalue weighted by Crippen LogP contribution is 2.23. The zero-order valence-electron chi connectivity index (χ0n) is 38.5. The molecular weight excluding hydrogens is 697 g/mol. The van der Waals surface area contributed by atoms with Crippen LogP contribution in [0.25, 0.3) is 0 Å². The number of nitrogens with zero attached hydrogens (tertiary/aromatic N) is 1. The second-order valence-corrected chi connectivity index (χ2v) is 17.2. The van der Waals surface area contributed by atoms with Gasteiger partial charge in [-0.05, 0) is 32.6 Å². The molecule has 1 unspecified atom stereocenters. The van der Waals surface area contributed by atoms with Crippen LogP contribution < -0.4 is 4.90 Å². The standard InChI is InChI=1S/C49H96N2O5/c1-7-12-16-20-24-28-32-36-45(37-33-29-25-21-17-13-8-2)48(53)55-42-40-51(47(52)44-50(6)11-5)41-43-56-49(54)46(38-34-30-26-22-18-14-9-3)39-35-31-27-23-19-15-10-4/h45-46H,7-44H2,1-6H3/p+1. The van der Waals surface area contributed by atoms with Gasteiger partial charge in [0.15, 0.2) is 6.54 Å². The van der Waals surface area contributed by atoms with Crippen molar-refractivity contribution in [3.05, 3.63) is 0 Å². The molecule has 1 N–H and O–H groups in total. The molecule has 0 aromatic heterocycles. The Hall–Kier alpha value is -1.63. The molecule has 7 heteroatoms. The van der Waals surface area contributed by atoms with Crippen LogP contribution in [0, 0.1) is 11.8 Å². The van der Waals surface area contributed by atoms with Gasteiger partial charge in [-0.25, -0.2) is 0 Å². The molecule has 0 aromatic carbocycles. The molecule has 7 nitrogen and oxygen atoms in total. The highest BCUT2D eigenvalue weighted by molar-refractivity contribution is 5.77. The number of quaternary nitrogens is 1. The lowest BCUT2D eigenvalue weighted by molar-refractivity contribution is -0.869. The van der Waals surface area contributed by atoms with Crippen molar-refractivity contribution in [3.8, 4) is 0 Å². The van der Waals surface area contributed by atoms with Crippen molar-refractivity contribution in [3.63, 3.8) is 0 Å². The normalized spacial score (nSPS) is 12.1. The molecule has 0 heterocycles. The Morgan fingerprint density at radius 1 is 0.429 bits per heavy atom. The molecule has 1 amide bonds. The van der Waals surface area contributed by atoms with E-state index < -0.39 is 0 Å². The van der Waals surface area contributed by atoms with Gasteiger partial charge < -0.3 is 19.3 Å². The SMILES string of the molecule is CCCCCCCCCC(CCCCCCCCC)C(=O)OCCN(CCOC(=O)C(CCCCCCCCC)CCCCCCCCC)C(=O)C[NH+](C)CC. The number of likely N-dealkylation sites (N-methyl/N-ethyl adjacent to an activating group) is 1. The van der Waals surface area contributed by atoms with E-state index in [0.29, 0.717) is 19.6 Å². The molecule has 0 bridgehead atoms. The Kier molecular flexibility index (Phi) is 40.3. The first-order valence-electron chi connectivity index (χ1n) is 24.8. The number of esters is 2. The van der Waals surface area contributed by atoms with Crippen molar-refractivity contribution >= 4 is 17.8 Å². The summed E-state index contributed by atoms with van der Waals surface area (Å²) in [5.41, 5.74) is 0. The van der Waals surface area contributed by atoms with E-state index in [1.54, 1.807) is 4.90 Å². The molecule has 0 aliphatic heterocycles. The van der Waals surface area contributed by atoms with Crippen molar-refractivity contribution in [1.82, 2.24) is 4.90 Å². The number of carbonyl (C=O) groups excluding carboxylic acids is 3. The van der Waals surface area contributed by atoms with Crippen LogP contribution in [-0.2, 0) is 23.9 Å². The number of nitrogens with one attached hydrogen (secondary N) is 1. The first-order valence-corrected chi connectivity index (χ1v) is 24.8. The van der Waals surface area contributed by atoms with E-state index in [2.05, 4.69) is 34.6 Å². The monoisotopic (exact) mass is 794 g/mol. The Morgan fingerprint density at radius 3 is 0.964 bits per heavy atom. The molecule has 0 saturated heterocycles. The summed E-state index contributed by atoms with van der Waals surface area (Å²) in [4.78, 5) is 43.2. The average molecular weight is 794 g/mol. The molecule has 0 aliphatic rings. The van der Waals surface area contributed by atoms with Gasteiger partial charge in [-0.1, -0.05) is 207 Å². The molecule has 332 valence electrons. The summed E-state index contributed by atoms with van der Waals surface area (Å²) in [7, 11) is 2.02. The van der Waals surface area contributed by atoms with E-state index >= 15 is 0 Å².